The van der Waals surface area contributed by atoms with Crippen LogP contribution < -0.4 is 10.1 Å². The first-order valence-corrected chi connectivity index (χ1v) is 8.19. The maximum atomic E-state index is 5.55. The van der Waals surface area contributed by atoms with E-state index in [1.807, 2.05) is 31.3 Å². The number of hydrogen-bond donors (Lipinski definition) is 1. The second-order valence-electron chi connectivity index (χ2n) is 5.42. The van der Waals surface area contributed by atoms with E-state index in [1.54, 1.807) is 0 Å². The van der Waals surface area contributed by atoms with Gasteiger partial charge in [-0.25, -0.2) is 0 Å². The third-order valence-electron chi connectivity index (χ3n) is 4.05. The number of rotatable bonds is 8. The summed E-state index contributed by atoms with van der Waals surface area (Å²) in [6.07, 6.45) is 1.85. The van der Waals surface area contributed by atoms with Crippen LogP contribution in [0.25, 0.3) is 10.9 Å². The fourth-order valence-corrected chi connectivity index (χ4v) is 2.77. The Hall–Kier alpha value is -1.81. The summed E-state index contributed by atoms with van der Waals surface area (Å²) in [5.74, 6) is 0.871. The van der Waals surface area contributed by atoms with E-state index in [-0.39, 0.29) is 0 Å². The van der Waals surface area contributed by atoms with Gasteiger partial charge >= 0.3 is 0 Å². The molecule has 0 saturated heterocycles. The number of pyridine rings is 1. The predicted molar refractivity (Wildman–Crippen MR) is 93.8 cm³/mol. The van der Waals surface area contributed by atoms with Crippen LogP contribution in [0.4, 0.5) is 5.69 Å². The van der Waals surface area contributed by atoms with E-state index in [9.17, 15) is 0 Å². The van der Waals surface area contributed by atoms with Gasteiger partial charge in [-0.05, 0) is 45.1 Å². The molecule has 0 saturated carbocycles. The zero-order chi connectivity index (χ0) is 15.9. The lowest BCUT2D eigenvalue weighted by molar-refractivity contribution is 0.240. The molecule has 0 amide bonds. The minimum Gasteiger partial charge on any atom is -0.494 e. The number of fused-ring (bicyclic) bond motifs is 1. The Bertz CT molecular complexity index is 596. The third-order valence-corrected chi connectivity index (χ3v) is 4.05. The van der Waals surface area contributed by atoms with Gasteiger partial charge < -0.3 is 10.1 Å². The highest BCUT2D eigenvalue weighted by Crippen LogP contribution is 2.25. The number of benzene rings is 1. The summed E-state index contributed by atoms with van der Waals surface area (Å²) >= 11 is 0. The van der Waals surface area contributed by atoms with E-state index in [1.165, 1.54) is 0 Å². The molecule has 1 unspecified atom stereocenters. The Morgan fingerprint density at radius 2 is 1.95 bits per heavy atom. The lowest BCUT2D eigenvalue weighted by Gasteiger charge is -2.27. The molecule has 0 aliphatic rings. The number of nitrogens with one attached hydrogen (secondary N) is 1. The van der Waals surface area contributed by atoms with Crippen LogP contribution in [-0.4, -0.2) is 42.2 Å². The monoisotopic (exact) mass is 301 g/mol. The first kappa shape index (κ1) is 16.6. The highest BCUT2D eigenvalue weighted by molar-refractivity contribution is 5.91. The van der Waals surface area contributed by atoms with Gasteiger partial charge in [0, 0.05) is 35.9 Å². The second-order valence-corrected chi connectivity index (χ2v) is 5.42. The quantitative estimate of drug-likeness (QED) is 0.805. The number of likely N-dealkylation sites (N-methyl/N-ethyl adjacent to an activating group) is 1. The van der Waals surface area contributed by atoms with Crippen LogP contribution in [0.15, 0.2) is 30.5 Å². The number of anilines is 1. The van der Waals surface area contributed by atoms with Crippen LogP contribution in [0.2, 0.25) is 0 Å². The second kappa shape index (κ2) is 7.99. The van der Waals surface area contributed by atoms with E-state index in [2.05, 4.69) is 42.0 Å². The Balaban J connectivity index is 2.14. The van der Waals surface area contributed by atoms with E-state index < -0.39 is 0 Å². The molecule has 2 rings (SSSR count). The minimum absolute atomic E-state index is 0.501. The Labute approximate surface area is 133 Å². The topological polar surface area (TPSA) is 37.4 Å². The third kappa shape index (κ3) is 3.89. The van der Waals surface area contributed by atoms with Crippen molar-refractivity contribution in [3.8, 4) is 5.75 Å². The lowest BCUT2D eigenvalue weighted by atomic mass is 10.1. The van der Waals surface area contributed by atoms with Crippen molar-refractivity contribution in [3.05, 3.63) is 30.5 Å². The van der Waals surface area contributed by atoms with Gasteiger partial charge in [0.1, 0.15) is 5.75 Å². The van der Waals surface area contributed by atoms with Gasteiger partial charge in [0.25, 0.3) is 0 Å². The van der Waals surface area contributed by atoms with E-state index in [0.29, 0.717) is 12.6 Å². The maximum Gasteiger partial charge on any atom is 0.121 e. The first-order chi connectivity index (χ1) is 10.7. The van der Waals surface area contributed by atoms with Gasteiger partial charge in [0.15, 0.2) is 0 Å². The van der Waals surface area contributed by atoms with E-state index in [0.717, 1.165) is 42.0 Å². The summed E-state index contributed by atoms with van der Waals surface area (Å²) in [5, 5.41) is 4.70. The molecule has 0 bridgehead atoms. The summed E-state index contributed by atoms with van der Waals surface area (Å²) in [4.78, 5) is 6.90. The molecule has 22 heavy (non-hydrogen) atoms. The van der Waals surface area contributed by atoms with Crippen molar-refractivity contribution in [2.45, 2.75) is 33.7 Å². The molecule has 2 aromatic rings. The molecular weight excluding hydrogens is 274 g/mol. The SMILES string of the molecule is CCOc1ccc2c(NCC(C)N(CC)CC)ccnc2c1. The molecule has 0 radical (unpaired) electrons. The maximum absolute atomic E-state index is 5.55. The summed E-state index contributed by atoms with van der Waals surface area (Å²) in [7, 11) is 0. The summed E-state index contributed by atoms with van der Waals surface area (Å²) in [5.41, 5.74) is 2.10. The van der Waals surface area contributed by atoms with Crippen molar-refractivity contribution >= 4 is 16.6 Å². The molecular formula is C18H27N3O. The normalized spacial score (nSPS) is 12.6. The lowest BCUT2D eigenvalue weighted by Crippen LogP contribution is -2.37. The van der Waals surface area contributed by atoms with Crippen LogP contribution in [-0.2, 0) is 0 Å². The average molecular weight is 301 g/mol. The standard InChI is InChI=1S/C18H27N3O/c1-5-21(6-2)14(4)13-20-17-10-11-19-18-12-15(22-7-3)8-9-16(17)18/h8-12,14H,5-7,13H2,1-4H3,(H,19,20). The van der Waals surface area contributed by atoms with Gasteiger partial charge in [0.05, 0.1) is 12.1 Å². The van der Waals surface area contributed by atoms with Gasteiger partial charge in [0.2, 0.25) is 0 Å². The summed E-state index contributed by atoms with van der Waals surface area (Å²) < 4.78 is 5.55. The Kier molecular flexibility index (Phi) is 6.01. The zero-order valence-corrected chi connectivity index (χ0v) is 14.1. The molecule has 4 nitrogen and oxygen atoms in total. The molecule has 4 heteroatoms. The Morgan fingerprint density at radius 1 is 1.18 bits per heavy atom. The molecule has 0 aliphatic carbocycles. The molecule has 120 valence electrons. The fraction of sp³-hybridized carbons (Fsp3) is 0.500. The fourth-order valence-electron chi connectivity index (χ4n) is 2.77. The molecule has 1 atom stereocenters. The number of nitrogens with zero attached hydrogens (tertiary/aromatic N) is 2. The zero-order valence-electron chi connectivity index (χ0n) is 14.1. The van der Waals surface area contributed by atoms with Gasteiger partial charge in [-0.2, -0.15) is 0 Å². The largest absolute Gasteiger partial charge is 0.494 e. The van der Waals surface area contributed by atoms with Gasteiger partial charge in [-0.3, -0.25) is 9.88 Å². The van der Waals surface area contributed by atoms with Crippen molar-refractivity contribution in [1.82, 2.24) is 9.88 Å². The number of ether oxygens (including phenoxy) is 1. The van der Waals surface area contributed by atoms with Crippen molar-refractivity contribution < 1.29 is 4.74 Å². The average Bonchev–Trinajstić information content (AvgIpc) is 2.54. The highest BCUT2D eigenvalue weighted by atomic mass is 16.5. The minimum atomic E-state index is 0.501. The highest BCUT2D eigenvalue weighted by Gasteiger charge is 2.10. The molecule has 1 N–H and O–H groups in total. The molecule has 0 spiro atoms. The van der Waals surface area contributed by atoms with Crippen molar-refractivity contribution in [2.75, 3.05) is 31.6 Å². The summed E-state index contributed by atoms with van der Waals surface area (Å²) in [6.45, 7) is 12.4. The van der Waals surface area contributed by atoms with Crippen LogP contribution in [0.1, 0.15) is 27.7 Å². The van der Waals surface area contributed by atoms with Gasteiger partial charge in [-0.1, -0.05) is 13.8 Å². The summed E-state index contributed by atoms with van der Waals surface area (Å²) in [6, 6.07) is 8.63. The van der Waals surface area contributed by atoms with E-state index in [4.69, 9.17) is 4.74 Å². The van der Waals surface area contributed by atoms with Crippen LogP contribution >= 0.6 is 0 Å². The molecule has 1 heterocycles. The van der Waals surface area contributed by atoms with Crippen molar-refractivity contribution in [1.29, 1.82) is 0 Å². The predicted octanol–water partition coefficient (Wildman–Crippen LogP) is 3.78. The first-order valence-electron chi connectivity index (χ1n) is 8.19. The molecule has 0 fully saturated rings. The number of hydrogen-bond acceptors (Lipinski definition) is 4. The van der Waals surface area contributed by atoms with Crippen LogP contribution in [0.5, 0.6) is 5.75 Å². The van der Waals surface area contributed by atoms with Gasteiger partial charge in [-0.15, -0.1) is 0 Å². The Morgan fingerprint density at radius 3 is 2.64 bits per heavy atom. The number of aromatic nitrogens is 1. The van der Waals surface area contributed by atoms with Crippen LogP contribution in [0.3, 0.4) is 0 Å². The molecule has 1 aromatic carbocycles. The van der Waals surface area contributed by atoms with E-state index >= 15 is 0 Å². The molecule has 0 aliphatic heterocycles. The smallest absolute Gasteiger partial charge is 0.121 e. The molecule has 1 aromatic heterocycles. The van der Waals surface area contributed by atoms with Crippen molar-refractivity contribution in [2.24, 2.45) is 0 Å². The van der Waals surface area contributed by atoms with Crippen molar-refractivity contribution in [3.63, 3.8) is 0 Å². The van der Waals surface area contributed by atoms with Crippen LogP contribution in [0, 0.1) is 0 Å².